The number of carboxylic acids is 1. The Morgan fingerprint density at radius 3 is 3.24 bits per heavy atom. The van der Waals surface area contributed by atoms with E-state index in [0.29, 0.717) is 6.61 Å². The van der Waals surface area contributed by atoms with Gasteiger partial charge in [-0.3, -0.25) is 9.69 Å². The Balaban J connectivity index is 1.75. The molecule has 4 nitrogen and oxygen atoms in total. The molecule has 2 heterocycles. The standard InChI is InChI=1S/C12H17NO3S/c14-12(15)8-10-9-13(5-6-16-10)4-3-11-2-1-7-17-11/h1-2,7,10H,3-6,8-9H2,(H,14,15). The summed E-state index contributed by atoms with van der Waals surface area (Å²) in [5.74, 6) is -0.782. The average Bonchev–Trinajstić information content (AvgIpc) is 2.79. The van der Waals surface area contributed by atoms with E-state index in [0.717, 1.165) is 26.1 Å². The molecule has 1 aliphatic rings. The lowest BCUT2D eigenvalue weighted by Gasteiger charge is -2.32. The third kappa shape index (κ3) is 4.11. The van der Waals surface area contributed by atoms with Crippen molar-refractivity contribution in [2.24, 2.45) is 0 Å². The molecule has 0 amide bonds. The molecule has 1 fully saturated rings. The van der Waals surface area contributed by atoms with Crippen molar-refractivity contribution in [3.63, 3.8) is 0 Å². The topological polar surface area (TPSA) is 49.8 Å². The second kappa shape index (κ2) is 6.14. The SMILES string of the molecule is O=C(O)CC1CN(CCc2cccs2)CCO1. The summed E-state index contributed by atoms with van der Waals surface area (Å²) in [6, 6.07) is 4.20. The van der Waals surface area contributed by atoms with Crippen LogP contribution in [0.5, 0.6) is 0 Å². The maximum atomic E-state index is 10.6. The molecule has 0 bridgehead atoms. The number of aliphatic carboxylic acids is 1. The Kier molecular flexibility index (Phi) is 4.53. The highest BCUT2D eigenvalue weighted by Gasteiger charge is 2.22. The molecule has 94 valence electrons. The van der Waals surface area contributed by atoms with Crippen LogP contribution in [-0.4, -0.2) is 48.3 Å². The van der Waals surface area contributed by atoms with Gasteiger partial charge in [-0.05, 0) is 17.9 Å². The highest BCUT2D eigenvalue weighted by atomic mass is 32.1. The summed E-state index contributed by atoms with van der Waals surface area (Å²) in [5, 5.41) is 10.8. The predicted molar refractivity (Wildman–Crippen MR) is 66.5 cm³/mol. The normalized spacial score (nSPS) is 21.5. The summed E-state index contributed by atoms with van der Waals surface area (Å²) in [6.45, 7) is 3.27. The molecule has 5 heteroatoms. The molecule has 1 aliphatic heterocycles. The molecular formula is C12H17NO3S. The predicted octanol–water partition coefficient (Wildman–Crippen LogP) is 1.47. The van der Waals surface area contributed by atoms with Crippen LogP contribution >= 0.6 is 11.3 Å². The number of thiophene rings is 1. The van der Waals surface area contributed by atoms with Crippen molar-refractivity contribution in [2.75, 3.05) is 26.2 Å². The molecule has 1 saturated heterocycles. The Morgan fingerprint density at radius 2 is 2.53 bits per heavy atom. The summed E-state index contributed by atoms with van der Waals surface area (Å²) in [4.78, 5) is 14.3. The molecule has 0 aliphatic carbocycles. The van der Waals surface area contributed by atoms with Crippen LogP contribution in [0.3, 0.4) is 0 Å². The van der Waals surface area contributed by atoms with E-state index in [1.54, 1.807) is 11.3 Å². The first-order valence-electron chi connectivity index (χ1n) is 5.82. The van der Waals surface area contributed by atoms with Gasteiger partial charge in [-0.1, -0.05) is 6.07 Å². The van der Waals surface area contributed by atoms with Crippen LogP contribution in [0, 0.1) is 0 Å². The zero-order valence-corrected chi connectivity index (χ0v) is 10.5. The zero-order chi connectivity index (χ0) is 12.1. The zero-order valence-electron chi connectivity index (χ0n) is 9.67. The van der Waals surface area contributed by atoms with E-state index in [4.69, 9.17) is 9.84 Å². The number of ether oxygens (including phenoxy) is 1. The minimum absolute atomic E-state index is 0.107. The quantitative estimate of drug-likeness (QED) is 0.865. The molecule has 1 aromatic rings. The smallest absolute Gasteiger partial charge is 0.306 e. The summed E-state index contributed by atoms with van der Waals surface area (Å²) in [6.07, 6.45) is 0.997. The van der Waals surface area contributed by atoms with Crippen LogP contribution in [0.4, 0.5) is 0 Å². The number of nitrogens with zero attached hydrogens (tertiary/aromatic N) is 1. The fourth-order valence-corrected chi connectivity index (χ4v) is 2.72. The molecule has 1 N–H and O–H groups in total. The fourth-order valence-electron chi connectivity index (χ4n) is 2.02. The highest BCUT2D eigenvalue weighted by Crippen LogP contribution is 2.13. The molecule has 0 saturated carbocycles. The molecule has 1 atom stereocenters. The van der Waals surface area contributed by atoms with E-state index >= 15 is 0 Å². The van der Waals surface area contributed by atoms with Gasteiger partial charge in [0.05, 0.1) is 19.1 Å². The number of morpholine rings is 1. The summed E-state index contributed by atoms with van der Waals surface area (Å²) in [5.41, 5.74) is 0. The molecule has 17 heavy (non-hydrogen) atoms. The van der Waals surface area contributed by atoms with E-state index < -0.39 is 5.97 Å². The number of carbonyl (C=O) groups is 1. The molecular weight excluding hydrogens is 238 g/mol. The van der Waals surface area contributed by atoms with Crippen LogP contribution in [-0.2, 0) is 16.0 Å². The monoisotopic (exact) mass is 255 g/mol. The minimum Gasteiger partial charge on any atom is -0.481 e. The van der Waals surface area contributed by atoms with Crippen LogP contribution in [0.25, 0.3) is 0 Å². The van der Waals surface area contributed by atoms with E-state index in [1.165, 1.54) is 4.88 Å². The van der Waals surface area contributed by atoms with E-state index in [-0.39, 0.29) is 12.5 Å². The van der Waals surface area contributed by atoms with Crippen molar-refractivity contribution >= 4 is 17.3 Å². The van der Waals surface area contributed by atoms with Crippen molar-refractivity contribution in [3.8, 4) is 0 Å². The van der Waals surface area contributed by atoms with Crippen molar-refractivity contribution in [1.29, 1.82) is 0 Å². The fraction of sp³-hybridized carbons (Fsp3) is 0.583. The van der Waals surface area contributed by atoms with Crippen molar-refractivity contribution in [1.82, 2.24) is 4.90 Å². The maximum absolute atomic E-state index is 10.6. The second-order valence-electron chi connectivity index (χ2n) is 4.22. The van der Waals surface area contributed by atoms with Crippen LogP contribution in [0.2, 0.25) is 0 Å². The van der Waals surface area contributed by atoms with Crippen molar-refractivity contribution < 1.29 is 14.6 Å². The van der Waals surface area contributed by atoms with Gasteiger partial charge < -0.3 is 9.84 Å². The first kappa shape index (κ1) is 12.5. The highest BCUT2D eigenvalue weighted by molar-refractivity contribution is 7.09. The summed E-state index contributed by atoms with van der Waals surface area (Å²) < 4.78 is 5.44. The first-order chi connectivity index (χ1) is 8.24. The van der Waals surface area contributed by atoms with Crippen LogP contribution < -0.4 is 0 Å². The molecule has 2 rings (SSSR count). The lowest BCUT2D eigenvalue weighted by molar-refractivity contribution is -0.142. The van der Waals surface area contributed by atoms with Crippen molar-refractivity contribution in [3.05, 3.63) is 22.4 Å². The third-order valence-corrected chi connectivity index (χ3v) is 3.82. The van der Waals surface area contributed by atoms with Gasteiger partial charge in [0.25, 0.3) is 0 Å². The summed E-state index contributed by atoms with van der Waals surface area (Å²) in [7, 11) is 0. The minimum atomic E-state index is -0.782. The van der Waals surface area contributed by atoms with E-state index in [1.807, 2.05) is 0 Å². The first-order valence-corrected chi connectivity index (χ1v) is 6.70. The summed E-state index contributed by atoms with van der Waals surface area (Å²) >= 11 is 1.77. The largest absolute Gasteiger partial charge is 0.481 e. The van der Waals surface area contributed by atoms with Gasteiger partial charge in [0.2, 0.25) is 0 Å². The molecule has 0 aromatic carbocycles. The average molecular weight is 255 g/mol. The van der Waals surface area contributed by atoms with E-state index in [2.05, 4.69) is 22.4 Å². The Hall–Kier alpha value is -0.910. The number of carboxylic acid groups (broad SMARTS) is 1. The van der Waals surface area contributed by atoms with Gasteiger partial charge in [0, 0.05) is 24.5 Å². The number of hydrogen-bond donors (Lipinski definition) is 1. The van der Waals surface area contributed by atoms with Gasteiger partial charge in [-0.15, -0.1) is 11.3 Å². The van der Waals surface area contributed by atoms with Crippen LogP contribution in [0.1, 0.15) is 11.3 Å². The lowest BCUT2D eigenvalue weighted by atomic mass is 10.2. The van der Waals surface area contributed by atoms with E-state index in [9.17, 15) is 4.79 Å². The lowest BCUT2D eigenvalue weighted by Crippen LogP contribution is -2.44. The Bertz CT molecular complexity index is 353. The van der Waals surface area contributed by atoms with Crippen molar-refractivity contribution in [2.45, 2.75) is 18.9 Å². The maximum Gasteiger partial charge on any atom is 0.306 e. The molecule has 0 radical (unpaired) electrons. The van der Waals surface area contributed by atoms with Gasteiger partial charge in [-0.25, -0.2) is 0 Å². The Morgan fingerprint density at radius 1 is 1.65 bits per heavy atom. The molecule has 1 unspecified atom stereocenters. The number of rotatable bonds is 5. The van der Waals surface area contributed by atoms with Gasteiger partial charge >= 0.3 is 5.97 Å². The molecule has 1 aromatic heterocycles. The second-order valence-corrected chi connectivity index (χ2v) is 5.25. The van der Waals surface area contributed by atoms with Gasteiger partial charge in [0.1, 0.15) is 0 Å². The Labute approximate surface area is 105 Å². The molecule has 0 spiro atoms. The number of hydrogen-bond acceptors (Lipinski definition) is 4. The third-order valence-electron chi connectivity index (χ3n) is 2.88. The van der Waals surface area contributed by atoms with Gasteiger partial charge in [0.15, 0.2) is 0 Å². The van der Waals surface area contributed by atoms with Crippen LogP contribution in [0.15, 0.2) is 17.5 Å². The van der Waals surface area contributed by atoms with Gasteiger partial charge in [-0.2, -0.15) is 0 Å².